The number of benzene rings is 3. The van der Waals surface area contributed by atoms with Crippen molar-refractivity contribution in [1.29, 1.82) is 0 Å². The van der Waals surface area contributed by atoms with E-state index in [9.17, 15) is 13.2 Å². The van der Waals surface area contributed by atoms with E-state index in [1.54, 1.807) is 24.3 Å². The highest BCUT2D eigenvalue weighted by Gasteiger charge is 2.23. The Morgan fingerprint density at radius 3 is 2.33 bits per heavy atom. The minimum atomic E-state index is -3.80. The Hall–Kier alpha value is -3.40. The van der Waals surface area contributed by atoms with Gasteiger partial charge in [0.25, 0.3) is 10.0 Å². The molecule has 7 nitrogen and oxygen atoms in total. The number of carbonyl (C=O) groups is 1. The van der Waals surface area contributed by atoms with Gasteiger partial charge in [-0.05, 0) is 59.7 Å². The summed E-state index contributed by atoms with van der Waals surface area (Å²) in [5, 5.41) is 4.19. The van der Waals surface area contributed by atoms with Gasteiger partial charge in [0.05, 0.1) is 4.90 Å². The molecule has 1 saturated heterocycles. The molecule has 0 atom stereocenters. The van der Waals surface area contributed by atoms with Gasteiger partial charge in [0.1, 0.15) is 0 Å². The summed E-state index contributed by atoms with van der Waals surface area (Å²) >= 11 is 1.35. The van der Waals surface area contributed by atoms with Crippen LogP contribution in [0.5, 0.6) is 5.06 Å². The van der Waals surface area contributed by atoms with Crippen LogP contribution >= 0.6 is 11.3 Å². The normalized spacial score (nSPS) is 14.7. The Morgan fingerprint density at radius 2 is 1.67 bits per heavy atom. The number of rotatable bonds is 6. The van der Waals surface area contributed by atoms with E-state index in [0.29, 0.717) is 24.0 Å². The molecule has 2 N–H and O–H groups in total. The van der Waals surface area contributed by atoms with Crippen molar-refractivity contribution in [3.63, 3.8) is 0 Å². The number of carbonyl (C=O) groups excluding carboxylic acids is 1. The molecule has 204 valence electrons. The van der Waals surface area contributed by atoms with Gasteiger partial charge in [-0.3, -0.25) is 4.72 Å². The van der Waals surface area contributed by atoms with E-state index in [2.05, 4.69) is 30.8 Å². The highest BCUT2D eigenvalue weighted by atomic mass is 32.2. The number of amides is 1. The lowest BCUT2D eigenvalue weighted by Crippen LogP contribution is -2.40. The maximum absolute atomic E-state index is 13.2. The lowest BCUT2D eigenvalue weighted by molar-refractivity contribution is 0.0779. The number of hydrogen-bond donors (Lipinski definition) is 2. The summed E-state index contributed by atoms with van der Waals surface area (Å²) in [4.78, 5) is 13.0. The van der Waals surface area contributed by atoms with Crippen LogP contribution in [0.2, 0.25) is 0 Å². The summed E-state index contributed by atoms with van der Waals surface area (Å²) in [6.45, 7) is 7.48. The number of hydrogen-bond acceptors (Lipinski definition) is 6. The molecule has 0 saturated carbocycles. The van der Waals surface area contributed by atoms with E-state index in [0.717, 1.165) is 39.6 Å². The van der Waals surface area contributed by atoms with Crippen molar-refractivity contribution in [2.24, 2.45) is 0 Å². The molecule has 2 heterocycles. The average molecular weight is 565 g/mol. The van der Waals surface area contributed by atoms with Crippen LogP contribution in [0, 0.1) is 0 Å². The second-order valence-corrected chi connectivity index (χ2v) is 13.3. The molecule has 0 radical (unpaired) electrons. The SMILES string of the molecule is CC(C)(C)c1ccc(S(=O)(=O)Nc2ccc3sc(OC(=O)NC4CCOCC4)c(-c4ccccc4)c3c2)cc1. The van der Waals surface area contributed by atoms with Crippen molar-refractivity contribution >= 4 is 43.2 Å². The fourth-order valence-corrected chi connectivity index (χ4v) is 6.66. The molecule has 0 aliphatic carbocycles. The first-order valence-corrected chi connectivity index (χ1v) is 15.2. The first-order valence-electron chi connectivity index (χ1n) is 12.9. The fourth-order valence-electron chi connectivity index (χ4n) is 4.56. The van der Waals surface area contributed by atoms with Crippen LogP contribution < -0.4 is 14.8 Å². The van der Waals surface area contributed by atoms with Crippen molar-refractivity contribution in [3.8, 4) is 16.2 Å². The molecule has 39 heavy (non-hydrogen) atoms. The van der Waals surface area contributed by atoms with Crippen LogP contribution in [-0.2, 0) is 20.2 Å². The average Bonchev–Trinajstić information content (AvgIpc) is 3.26. The number of nitrogens with one attached hydrogen (secondary N) is 2. The zero-order valence-corrected chi connectivity index (χ0v) is 23.8. The molecule has 1 aliphatic heterocycles. The fraction of sp³-hybridized carbons (Fsp3) is 0.300. The molecular weight excluding hydrogens is 532 g/mol. The van der Waals surface area contributed by atoms with Crippen molar-refractivity contribution < 1.29 is 22.7 Å². The molecule has 5 rings (SSSR count). The van der Waals surface area contributed by atoms with Crippen molar-refractivity contribution in [3.05, 3.63) is 78.4 Å². The first-order chi connectivity index (χ1) is 18.6. The molecule has 0 bridgehead atoms. The Bertz CT molecular complexity index is 1570. The van der Waals surface area contributed by atoms with E-state index in [4.69, 9.17) is 9.47 Å². The van der Waals surface area contributed by atoms with Crippen molar-refractivity contribution in [2.45, 2.75) is 50.0 Å². The minimum Gasteiger partial charge on any atom is -0.398 e. The third-order valence-electron chi connectivity index (χ3n) is 6.73. The lowest BCUT2D eigenvalue weighted by Gasteiger charge is -2.22. The van der Waals surface area contributed by atoms with E-state index in [1.807, 2.05) is 48.5 Å². The molecule has 1 fully saturated rings. The predicted molar refractivity (Wildman–Crippen MR) is 156 cm³/mol. The number of ether oxygens (including phenoxy) is 2. The Balaban J connectivity index is 1.45. The Morgan fingerprint density at radius 1 is 0.974 bits per heavy atom. The summed E-state index contributed by atoms with van der Waals surface area (Å²) < 4.78 is 41.2. The van der Waals surface area contributed by atoms with E-state index >= 15 is 0 Å². The number of anilines is 1. The summed E-state index contributed by atoms with van der Waals surface area (Å²) in [5.41, 5.74) is 3.02. The Labute approximate surface area is 233 Å². The molecule has 1 aliphatic rings. The number of thiophene rings is 1. The highest BCUT2D eigenvalue weighted by molar-refractivity contribution is 7.92. The zero-order valence-electron chi connectivity index (χ0n) is 22.2. The predicted octanol–water partition coefficient (Wildman–Crippen LogP) is 6.93. The maximum Gasteiger partial charge on any atom is 0.413 e. The minimum absolute atomic E-state index is 0.0132. The molecule has 4 aromatic rings. The van der Waals surface area contributed by atoms with Gasteiger partial charge in [-0.1, -0.05) is 74.6 Å². The van der Waals surface area contributed by atoms with Gasteiger partial charge in [-0.15, -0.1) is 0 Å². The molecule has 1 amide bonds. The zero-order chi connectivity index (χ0) is 27.6. The van der Waals surface area contributed by atoms with Crippen LogP contribution in [0.3, 0.4) is 0 Å². The molecule has 1 aromatic heterocycles. The van der Waals surface area contributed by atoms with Gasteiger partial charge in [0, 0.05) is 40.6 Å². The largest absolute Gasteiger partial charge is 0.413 e. The number of fused-ring (bicyclic) bond motifs is 1. The number of sulfonamides is 1. The second kappa shape index (κ2) is 11.0. The van der Waals surface area contributed by atoms with Gasteiger partial charge >= 0.3 is 6.09 Å². The lowest BCUT2D eigenvalue weighted by atomic mass is 9.87. The van der Waals surface area contributed by atoms with Crippen LogP contribution in [-0.4, -0.2) is 33.8 Å². The highest BCUT2D eigenvalue weighted by Crippen LogP contribution is 2.45. The topological polar surface area (TPSA) is 93.7 Å². The van der Waals surface area contributed by atoms with E-state index in [1.165, 1.54) is 11.3 Å². The summed E-state index contributed by atoms with van der Waals surface area (Å²) in [5.74, 6) is 0. The maximum atomic E-state index is 13.2. The van der Waals surface area contributed by atoms with Crippen LogP contribution in [0.25, 0.3) is 21.2 Å². The molecule has 3 aromatic carbocycles. The first kappa shape index (κ1) is 27.2. The monoisotopic (exact) mass is 564 g/mol. The quantitative estimate of drug-likeness (QED) is 0.265. The Kier molecular flexibility index (Phi) is 7.66. The van der Waals surface area contributed by atoms with E-state index in [-0.39, 0.29) is 16.4 Å². The third-order valence-corrected chi connectivity index (χ3v) is 9.18. The molecule has 0 spiro atoms. The van der Waals surface area contributed by atoms with Crippen molar-refractivity contribution in [2.75, 3.05) is 17.9 Å². The van der Waals surface area contributed by atoms with Gasteiger partial charge in [0.2, 0.25) is 0 Å². The van der Waals surface area contributed by atoms with Crippen LogP contribution in [0.15, 0.2) is 77.7 Å². The van der Waals surface area contributed by atoms with Gasteiger partial charge < -0.3 is 14.8 Å². The van der Waals surface area contributed by atoms with Gasteiger partial charge in [-0.2, -0.15) is 0 Å². The molecule has 0 unspecified atom stereocenters. The third kappa shape index (κ3) is 6.27. The molecular formula is C30H32N2O5S2. The van der Waals surface area contributed by atoms with Gasteiger partial charge in [0.15, 0.2) is 5.06 Å². The summed E-state index contributed by atoms with van der Waals surface area (Å²) in [6, 6.07) is 22.0. The molecule has 9 heteroatoms. The van der Waals surface area contributed by atoms with Gasteiger partial charge in [-0.25, -0.2) is 13.2 Å². The standard InChI is InChI=1S/C30H32N2O5S2/c1-30(2,3)21-9-12-24(13-10-21)39(34,35)32-23-11-14-26-25(19-23)27(20-7-5-4-6-8-20)28(38-26)37-29(33)31-22-15-17-36-18-16-22/h4-14,19,22,32H,15-18H2,1-3H3,(H,31,33). The van der Waals surface area contributed by atoms with Crippen LogP contribution in [0.1, 0.15) is 39.2 Å². The second-order valence-electron chi connectivity index (χ2n) is 10.6. The smallest absolute Gasteiger partial charge is 0.398 e. The summed E-state index contributed by atoms with van der Waals surface area (Å²) in [7, 11) is -3.80. The van der Waals surface area contributed by atoms with E-state index < -0.39 is 16.1 Å². The van der Waals surface area contributed by atoms with Crippen molar-refractivity contribution in [1.82, 2.24) is 5.32 Å². The summed E-state index contributed by atoms with van der Waals surface area (Å²) in [6.07, 6.45) is 0.982. The van der Waals surface area contributed by atoms with Crippen LogP contribution in [0.4, 0.5) is 10.5 Å².